The first-order valence-electron chi connectivity index (χ1n) is 4.93. The highest BCUT2D eigenvalue weighted by molar-refractivity contribution is 5.75. The molecule has 0 aliphatic carbocycles. The largest absolute Gasteiger partial charge is 0.344 e. The highest BCUT2D eigenvalue weighted by Crippen LogP contribution is 1.92. The molecule has 0 N–H and O–H groups in total. The van der Waals surface area contributed by atoms with Crippen LogP contribution in [-0.4, -0.2) is 29.0 Å². The van der Waals surface area contributed by atoms with Crippen LogP contribution >= 0.6 is 0 Å². The van der Waals surface area contributed by atoms with Gasteiger partial charge >= 0.3 is 0 Å². The molecule has 5 heteroatoms. The maximum atomic E-state index is 11.6. The third kappa shape index (κ3) is 2.48. The van der Waals surface area contributed by atoms with Crippen LogP contribution < -0.4 is 5.56 Å². The van der Waals surface area contributed by atoms with E-state index in [0.29, 0.717) is 6.54 Å². The molecule has 1 aromatic rings. The number of amides is 1. The number of carbonyl (C=O) groups is 1. The highest BCUT2D eigenvalue weighted by atomic mass is 16.2. The quantitative estimate of drug-likeness (QED) is 0.729. The fourth-order valence-electron chi connectivity index (χ4n) is 1.19. The summed E-state index contributed by atoms with van der Waals surface area (Å²) in [5.41, 5.74) is -0.377. The fourth-order valence-corrected chi connectivity index (χ4v) is 1.19. The minimum Gasteiger partial charge on any atom is -0.344 e. The van der Waals surface area contributed by atoms with E-state index >= 15 is 0 Å². The summed E-state index contributed by atoms with van der Waals surface area (Å²) in [5.74, 6) is -0.153. The highest BCUT2D eigenvalue weighted by Gasteiger charge is 2.09. The lowest BCUT2D eigenvalue weighted by Gasteiger charge is -2.15. The van der Waals surface area contributed by atoms with Crippen molar-refractivity contribution in [2.24, 2.45) is 0 Å². The van der Waals surface area contributed by atoms with Crippen molar-refractivity contribution in [3.8, 4) is 6.07 Å². The summed E-state index contributed by atoms with van der Waals surface area (Å²) < 4.78 is 1.24. The van der Waals surface area contributed by atoms with Gasteiger partial charge in [0.2, 0.25) is 5.91 Å². The van der Waals surface area contributed by atoms with Crippen molar-refractivity contribution in [1.82, 2.24) is 9.47 Å². The van der Waals surface area contributed by atoms with Gasteiger partial charge in [0.15, 0.2) is 0 Å². The average Bonchev–Trinajstić information content (AvgIpc) is 2.30. The molecule has 1 aromatic heterocycles. The van der Waals surface area contributed by atoms with Gasteiger partial charge in [0.1, 0.15) is 18.2 Å². The van der Waals surface area contributed by atoms with Gasteiger partial charge in [-0.3, -0.25) is 9.59 Å². The third-order valence-electron chi connectivity index (χ3n) is 2.35. The van der Waals surface area contributed by atoms with Crippen molar-refractivity contribution in [2.45, 2.75) is 13.5 Å². The molecule has 0 bridgehead atoms. The first-order chi connectivity index (χ1) is 7.60. The number of hydrogen-bond donors (Lipinski definition) is 0. The second-order valence-electron chi connectivity index (χ2n) is 3.37. The molecule has 0 unspecified atom stereocenters. The van der Waals surface area contributed by atoms with Gasteiger partial charge in [-0.05, 0) is 19.1 Å². The van der Waals surface area contributed by atoms with Gasteiger partial charge < -0.3 is 9.47 Å². The molecule has 0 aliphatic heterocycles. The molecule has 84 valence electrons. The average molecular weight is 219 g/mol. The maximum Gasteiger partial charge on any atom is 0.268 e. The van der Waals surface area contributed by atoms with E-state index in [9.17, 15) is 9.59 Å². The van der Waals surface area contributed by atoms with Crippen molar-refractivity contribution in [3.63, 3.8) is 0 Å². The number of nitrogens with zero attached hydrogens (tertiary/aromatic N) is 3. The maximum absolute atomic E-state index is 11.6. The number of aromatic nitrogens is 1. The van der Waals surface area contributed by atoms with Gasteiger partial charge in [-0.15, -0.1) is 0 Å². The summed E-state index contributed by atoms with van der Waals surface area (Å²) in [7, 11) is 1.67. The summed E-state index contributed by atoms with van der Waals surface area (Å²) in [5, 5.41) is 8.67. The van der Waals surface area contributed by atoms with Crippen molar-refractivity contribution < 1.29 is 4.79 Å². The third-order valence-corrected chi connectivity index (χ3v) is 2.35. The second-order valence-corrected chi connectivity index (χ2v) is 3.37. The summed E-state index contributed by atoms with van der Waals surface area (Å²) in [4.78, 5) is 24.7. The van der Waals surface area contributed by atoms with E-state index in [1.165, 1.54) is 21.7 Å². The lowest BCUT2D eigenvalue weighted by Crippen LogP contribution is -2.34. The Labute approximate surface area is 93.5 Å². The number of pyridine rings is 1. The molecule has 0 aliphatic rings. The number of rotatable bonds is 3. The van der Waals surface area contributed by atoms with Gasteiger partial charge in [0, 0.05) is 19.8 Å². The van der Waals surface area contributed by atoms with Crippen molar-refractivity contribution in [1.29, 1.82) is 5.26 Å². The van der Waals surface area contributed by atoms with Gasteiger partial charge in [-0.2, -0.15) is 5.26 Å². The van der Waals surface area contributed by atoms with E-state index in [0.717, 1.165) is 0 Å². The number of likely N-dealkylation sites (N-methyl/N-ethyl adjacent to an activating group) is 1. The van der Waals surface area contributed by atoms with Crippen LogP contribution in [0.1, 0.15) is 12.5 Å². The Bertz CT molecular complexity index is 485. The summed E-state index contributed by atoms with van der Waals surface area (Å²) in [6, 6.07) is 4.81. The Morgan fingerprint density at radius 3 is 2.88 bits per heavy atom. The molecule has 16 heavy (non-hydrogen) atoms. The molecular formula is C11H13N3O2. The van der Waals surface area contributed by atoms with Crippen LogP contribution in [-0.2, 0) is 11.3 Å². The monoisotopic (exact) mass is 219 g/mol. The van der Waals surface area contributed by atoms with Crippen LogP contribution in [0.25, 0.3) is 0 Å². The Kier molecular flexibility index (Phi) is 3.84. The zero-order chi connectivity index (χ0) is 12.1. The minimum absolute atomic E-state index is 0.0291. The van der Waals surface area contributed by atoms with Gasteiger partial charge in [-0.1, -0.05) is 0 Å². The minimum atomic E-state index is -0.428. The Morgan fingerprint density at radius 1 is 1.62 bits per heavy atom. The molecule has 1 rings (SSSR count). The fraction of sp³-hybridized carbons (Fsp3) is 0.364. The molecule has 0 saturated heterocycles. The molecule has 0 atom stereocenters. The van der Waals surface area contributed by atoms with Gasteiger partial charge in [0.05, 0.1) is 0 Å². The first-order valence-corrected chi connectivity index (χ1v) is 4.93. The molecule has 0 saturated carbocycles. The number of hydrogen-bond acceptors (Lipinski definition) is 3. The molecular weight excluding hydrogens is 206 g/mol. The van der Waals surface area contributed by atoms with Crippen molar-refractivity contribution in [3.05, 3.63) is 34.2 Å². The molecule has 1 heterocycles. The summed E-state index contributed by atoms with van der Waals surface area (Å²) in [6.45, 7) is 2.41. The Morgan fingerprint density at radius 2 is 2.31 bits per heavy atom. The van der Waals surface area contributed by atoms with Crippen LogP contribution in [0.5, 0.6) is 0 Å². The molecule has 0 aromatic carbocycles. The topological polar surface area (TPSA) is 66.1 Å². The molecule has 0 radical (unpaired) electrons. The predicted octanol–water partition coefficient (Wildman–Crippen LogP) is 0.198. The van der Waals surface area contributed by atoms with E-state index < -0.39 is 5.56 Å². The van der Waals surface area contributed by atoms with Crippen LogP contribution in [0.4, 0.5) is 0 Å². The van der Waals surface area contributed by atoms with Crippen LogP contribution in [0.3, 0.4) is 0 Å². The van der Waals surface area contributed by atoms with Crippen LogP contribution in [0.15, 0.2) is 23.1 Å². The lowest BCUT2D eigenvalue weighted by molar-refractivity contribution is -0.130. The molecule has 0 spiro atoms. The van der Waals surface area contributed by atoms with Gasteiger partial charge in [0.25, 0.3) is 5.56 Å². The SMILES string of the molecule is CCN(C)C(=O)Cn1cccc(C#N)c1=O. The summed E-state index contributed by atoms with van der Waals surface area (Å²) >= 11 is 0. The Balaban J connectivity index is 2.96. The Hall–Kier alpha value is -2.09. The van der Waals surface area contributed by atoms with E-state index in [-0.39, 0.29) is 18.0 Å². The second kappa shape index (κ2) is 5.12. The summed E-state index contributed by atoms with van der Waals surface area (Å²) in [6.07, 6.45) is 1.50. The van der Waals surface area contributed by atoms with E-state index in [4.69, 9.17) is 5.26 Å². The van der Waals surface area contributed by atoms with E-state index in [1.54, 1.807) is 19.2 Å². The smallest absolute Gasteiger partial charge is 0.268 e. The normalized spacial score (nSPS) is 9.56. The molecule has 0 fully saturated rings. The van der Waals surface area contributed by atoms with E-state index in [1.807, 2.05) is 6.92 Å². The van der Waals surface area contributed by atoms with E-state index in [2.05, 4.69) is 0 Å². The molecule has 5 nitrogen and oxygen atoms in total. The predicted molar refractivity (Wildman–Crippen MR) is 58.7 cm³/mol. The van der Waals surface area contributed by atoms with Gasteiger partial charge in [-0.25, -0.2) is 0 Å². The zero-order valence-corrected chi connectivity index (χ0v) is 9.30. The van der Waals surface area contributed by atoms with Crippen LogP contribution in [0, 0.1) is 11.3 Å². The van der Waals surface area contributed by atoms with Crippen molar-refractivity contribution in [2.75, 3.05) is 13.6 Å². The molecule has 1 amide bonds. The lowest BCUT2D eigenvalue weighted by atomic mass is 10.3. The zero-order valence-electron chi connectivity index (χ0n) is 9.30. The first kappa shape index (κ1) is 12.0. The number of nitriles is 1. The van der Waals surface area contributed by atoms with Crippen molar-refractivity contribution >= 4 is 5.91 Å². The number of carbonyl (C=O) groups excluding carboxylic acids is 1. The standard InChI is InChI=1S/C11H13N3O2/c1-3-13(2)10(15)8-14-6-4-5-9(7-12)11(14)16/h4-6H,3,8H2,1-2H3. The van der Waals surface area contributed by atoms with Crippen LogP contribution in [0.2, 0.25) is 0 Å².